The van der Waals surface area contributed by atoms with Crippen molar-refractivity contribution >= 4 is 22.7 Å². The molecule has 0 bridgehead atoms. The molecule has 2 heterocycles. The summed E-state index contributed by atoms with van der Waals surface area (Å²) in [5.41, 5.74) is 1.91. The molecule has 3 rings (SSSR count). The van der Waals surface area contributed by atoms with Gasteiger partial charge >= 0.3 is 0 Å². The van der Waals surface area contributed by atoms with Crippen molar-refractivity contribution in [2.24, 2.45) is 0 Å². The number of amides is 2. The molecule has 108 valence electrons. The van der Waals surface area contributed by atoms with Crippen molar-refractivity contribution < 1.29 is 9.59 Å². The summed E-state index contributed by atoms with van der Waals surface area (Å²) >= 11 is 0. The minimum Gasteiger partial charge on any atom is -0.347 e. The number of nitrogens with one attached hydrogen (secondary N) is 1. The van der Waals surface area contributed by atoms with Crippen LogP contribution in [0.3, 0.4) is 0 Å². The van der Waals surface area contributed by atoms with Gasteiger partial charge in [-0.3, -0.25) is 14.6 Å². The maximum absolute atomic E-state index is 12.2. The molecule has 5 heteroatoms. The summed E-state index contributed by atoms with van der Waals surface area (Å²) in [5.74, 6) is -0.129. The van der Waals surface area contributed by atoms with Crippen LogP contribution in [0.15, 0.2) is 36.5 Å². The normalized spacial score (nSPS) is 19.5. The first-order chi connectivity index (χ1) is 10.1. The van der Waals surface area contributed by atoms with Gasteiger partial charge in [-0.05, 0) is 18.6 Å². The van der Waals surface area contributed by atoms with Gasteiger partial charge in [-0.2, -0.15) is 0 Å². The van der Waals surface area contributed by atoms with Crippen LogP contribution in [0.4, 0.5) is 0 Å². The number of carbonyl (C=O) groups is 2. The van der Waals surface area contributed by atoms with Crippen molar-refractivity contribution in [3.05, 3.63) is 42.1 Å². The number of para-hydroxylation sites is 1. The van der Waals surface area contributed by atoms with E-state index in [2.05, 4.69) is 10.3 Å². The largest absolute Gasteiger partial charge is 0.347 e. The van der Waals surface area contributed by atoms with Crippen molar-refractivity contribution in [3.8, 4) is 0 Å². The molecule has 0 saturated carbocycles. The van der Waals surface area contributed by atoms with Crippen molar-refractivity contribution in [1.29, 1.82) is 0 Å². The maximum Gasteiger partial charge on any atom is 0.242 e. The second-order valence-corrected chi connectivity index (χ2v) is 5.34. The minimum atomic E-state index is -0.112. The van der Waals surface area contributed by atoms with E-state index >= 15 is 0 Å². The lowest BCUT2D eigenvalue weighted by molar-refractivity contribution is -0.132. The highest BCUT2D eigenvalue weighted by Crippen LogP contribution is 2.20. The lowest BCUT2D eigenvalue weighted by atomic mass is 10.1. The van der Waals surface area contributed by atoms with Gasteiger partial charge in [0.2, 0.25) is 11.8 Å². The number of nitrogens with zero attached hydrogens (tertiary/aromatic N) is 2. The zero-order chi connectivity index (χ0) is 14.8. The zero-order valence-electron chi connectivity index (χ0n) is 11.9. The molecule has 0 aliphatic carbocycles. The van der Waals surface area contributed by atoms with Crippen molar-refractivity contribution in [3.63, 3.8) is 0 Å². The molecule has 21 heavy (non-hydrogen) atoms. The van der Waals surface area contributed by atoms with Crippen LogP contribution in [0, 0.1) is 0 Å². The zero-order valence-corrected chi connectivity index (χ0v) is 11.9. The Morgan fingerprint density at radius 1 is 1.29 bits per heavy atom. The summed E-state index contributed by atoms with van der Waals surface area (Å²) in [4.78, 5) is 29.9. The standard InChI is InChI=1S/C16H17N3O2/c1-11-8-14(20)18-9-15(21)19(11)10-13-5-2-4-12-6-3-7-17-16(12)13/h2-7,11H,8-10H2,1H3,(H,18,20). The number of fused-ring (bicyclic) bond motifs is 1. The monoisotopic (exact) mass is 283 g/mol. The quantitative estimate of drug-likeness (QED) is 0.908. The summed E-state index contributed by atoms with van der Waals surface area (Å²) in [5, 5.41) is 3.69. The van der Waals surface area contributed by atoms with E-state index in [9.17, 15) is 9.59 Å². The van der Waals surface area contributed by atoms with Crippen LogP contribution >= 0.6 is 0 Å². The number of hydrogen-bond donors (Lipinski definition) is 1. The fourth-order valence-corrected chi connectivity index (χ4v) is 2.69. The fraction of sp³-hybridized carbons (Fsp3) is 0.312. The van der Waals surface area contributed by atoms with Gasteiger partial charge in [0.1, 0.15) is 0 Å². The lowest BCUT2D eigenvalue weighted by Crippen LogP contribution is -2.39. The Bertz CT molecular complexity index is 693. The molecule has 0 radical (unpaired) electrons. The van der Waals surface area contributed by atoms with Crippen LogP contribution in [0.5, 0.6) is 0 Å². The van der Waals surface area contributed by atoms with E-state index in [1.165, 1.54) is 0 Å². The molecule has 1 unspecified atom stereocenters. The molecule has 1 aromatic heterocycles. The van der Waals surface area contributed by atoms with Crippen LogP contribution in [0.25, 0.3) is 10.9 Å². The molecule has 1 saturated heterocycles. The number of carbonyl (C=O) groups excluding carboxylic acids is 2. The molecule has 2 aromatic rings. The number of rotatable bonds is 2. The van der Waals surface area contributed by atoms with Crippen LogP contribution in [0.1, 0.15) is 18.9 Å². The predicted octanol–water partition coefficient (Wildman–Crippen LogP) is 1.47. The Morgan fingerprint density at radius 2 is 2.10 bits per heavy atom. The van der Waals surface area contributed by atoms with E-state index in [-0.39, 0.29) is 24.4 Å². The molecule has 5 nitrogen and oxygen atoms in total. The highest BCUT2D eigenvalue weighted by Gasteiger charge is 2.26. The topological polar surface area (TPSA) is 62.3 Å². The summed E-state index contributed by atoms with van der Waals surface area (Å²) in [6.07, 6.45) is 2.09. The Labute approximate surface area is 123 Å². The first-order valence-electron chi connectivity index (χ1n) is 7.04. The third kappa shape index (κ3) is 2.72. The summed E-state index contributed by atoms with van der Waals surface area (Å²) < 4.78 is 0. The van der Waals surface area contributed by atoms with Crippen molar-refractivity contribution in [2.75, 3.05) is 6.54 Å². The number of aromatic nitrogens is 1. The van der Waals surface area contributed by atoms with Gasteiger partial charge < -0.3 is 10.2 Å². The van der Waals surface area contributed by atoms with Crippen LogP contribution in [-0.4, -0.2) is 34.3 Å². The molecule has 1 fully saturated rings. The van der Waals surface area contributed by atoms with Gasteiger partial charge in [0.25, 0.3) is 0 Å². The molecule has 1 aromatic carbocycles. The number of benzene rings is 1. The number of hydrogen-bond acceptors (Lipinski definition) is 3. The Kier molecular flexibility index (Phi) is 3.56. The minimum absolute atomic E-state index is 0.0544. The lowest BCUT2D eigenvalue weighted by Gasteiger charge is -2.26. The Balaban J connectivity index is 1.93. The van der Waals surface area contributed by atoms with E-state index in [0.717, 1.165) is 16.5 Å². The molecular formula is C16H17N3O2. The van der Waals surface area contributed by atoms with Crippen molar-refractivity contribution in [2.45, 2.75) is 25.9 Å². The Morgan fingerprint density at radius 3 is 2.95 bits per heavy atom. The maximum atomic E-state index is 12.2. The van der Waals surface area contributed by atoms with Crippen LogP contribution < -0.4 is 5.32 Å². The van der Waals surface area contributed by atoms with Crippen molar-refractivity contribution in [1.82, 2.24) is 15.2 Å². The summed E-state index contributed by atoms with van der Waals surface area (Å²) in [7, 11) is 0. The van der Waals surface area contributed by atoms with Crippen LogP contribution in [-0.2, 0) is 16.1 Å². The van der Waals surface area contributed by atoms with E-state index < -0.39 is 0 Å². The highest BCUT2D eigenvalue weighted by molar-refractivity contribution is 5.88. The average molecular weight is 283 g/mol. The van der Waals surface area contributed by atoms with Gasteiger partial charge in [-0.1, -0.05) is 24.3 Å². The fourth-order valence-electron chi connectivity index (χ4n) is 2.69. The van der Waals surface area contributed by atoms with E-state index in [1.807, 2.05) is 37.3 Å². The molecule has 1 aliphatic rings. The first kappa shape index (κ1) is 13.5. The molecule has 2 amide bonds. The second-order valence-electron chi connectivity index (χ2n) is 5.34. The van der Waals surface area contributed by atoms with E-state index in [4.69, 9.17) is 0 Å². The van der Waals surface area contributed by atoms with Gasteiger partial charge in [0.05, 0.1) is 12.1 Å². The summed E-state index contributed by atoms with van der Waals surface area (Å²) in [6, 6.07) is 9.74. The SMILES string of the molecule is CC1CC(=O)NCC(=O)N1Cc1cccc2cccnc12. The van der Waals surface area contributed by atoms with Gasteiger partial charge in [-0.15, -0.1) is 0 Å². The van der Waals surface area contributed by atoms with Gasteiger partial charge in [0.15, 0.2) is 0 Å². The van der Waals surface area contributed by atoms with Crippen LogP contribution in [0.2, 0.25) is 0 Å². The molecule has 1 aliphatic heterocycles. The van der Waals surface area contributed by atoms with E-state index in [0.29, 0.717) is 13.0 Å². The van der Waals surface area contributed by atoms with E-state index in [1.54, 1.807) is 11.1 Å². The smallest absolute Gasteiger partial charge is 0.242 e. The summed E-state index contributed by atoms with van der Waals surface area (Å²) in [6.45, 7) is 2.45. The molecule has 1 N–H and O–H groups in total. The average Bonchev–Trinajstić information content (AvgIpc) is 2.60. The number of pyridine rings is 1. The molecule has 0 spiro atoms. The molecular weight excluding hydrogens is 266 g/mol. The predicted molar refractivity (Wildman–Crippen MR) is 79.4 cm³/mol. The van der Waals surface area contributed by atoms with Gasteiger partial charge in [0, 0.05) is 30.6 Å². The first-order valence-corrected chi connectivity index (χ1v) is 7.04. The highest BCUT2D eigenvalue weighted by atomic mass is 16.2. The van der Waals surface area contributed by atoms with Gasteiger partial charge in [-0.25, -0.2) is 0 Å². The third-order valence-corrected chi connectivity index (χ3v) is 3.83. The molecule has 1 atom stereocenters. The Hall–Kier alpha value is -2.43. The second kappa shape index (κ2) is 5.52. The third-order valence-electron chi connectivity index (χ3n) is 3.83.